The molecule has 1 atom stereocenters. The van der Waals surface area contributed by atoms with Gasteiger partial charge in [-0.05, 0) is 43.5 Å². The summed E-state index contributed by atoms with van der Waals surface area (Å²) in [5.74, 6) is 0.192. The Morgan fingerprint density at radius 3 is 2.69 bits per heavy atom. The van der Waals surface area contributed by atoms with Crippen LogP contribution >= 0.6 is 11.6 Å². The van der Waals surface area contributed by atoms with Gasteiger partial charge in [0.1, 0.15) is 6.17 Å². The van der Waals surface area contributed by atoms with E-state index in [1.165, 1.54) is 0 Å². The minimum Gasteiger partial charge on any atom is -0.317 e. The van der Waals surface area contributed by atoms with Crippen molar-refractivity contribution in [3.05, 3.63) is 34.9 Å². The number of alkyl halides is 1. The van der Waals surface area contributed by atoms with Crippen LogP contribution in [0.25, 0.3) is 0 Å². The molecule has 0 radical (unpaired) electrons. The minimum absolute atomic E-state index is 0.192. The maximum atomic E-state index is 14.1. The van der Waals surface area contributed by atoms with Gasteiger partial charge in [-0.1, -0.05) is 29.8 Å². The molecule has 1 saturated heterocycles. The molecular weight excluding hydrogens is 225 g/mol. The number of hydrogen-bond donors (Lipinski definition) is 1. The molecule has 2 rings (SSSR count). The number of rotatable bonds is 3. The molecule has 0 bridgehead atoms. The molecule has 1 aromatic carbocycles. The molecule has 0 saturated carbocycles. The second-order valence-electron chi connectivity index (χ2n) is 4.40. The fraction of sp³-hybridized carbons (Fsp3) is 0.538. The fourth-order valence-corrected chi connectivity index (χ4v) is 2.46. The van der Waals surface area contributed by atoms with Gasteiger partial charge in [-0.3, -0.25) is 0 Å². The quantitative estimate of drug-likeness (QED) is 0.857. The smallest absolute Gasteiger partial charge is 0.107 e. The lowest BCUT2D eigenvalue weighted by molar-refractivity contribution is 0.187. The summed E-state index contributed by atoms with van der Waals surface area (Å²) in [5.41, 5.74) is 0.926. The number of benzene rings is 1. The van der Waals surface area contributed by atoms with Crippen molar-refractivity contribution in [3.63, 3.8) is 0 Å². The second kappa shape index (κ2) is 5.65. The van der Waals surface area contributed by atoms with E-state index in [0.29, 0.717) is 11.4 Å². The van der Waals surface area contributed by atoms with Crippen LogP contribution in [-0.4, -0.2) is 19.3 Å². The molecule has 1 fully saturated rings. The van der Waals surface area contributed by atoms with Crippen molar-refractivity contribution in [2.45, 2.75) is 25.4 Å². The molecule has 0 amide bonds. The van der Waals surface area contributed by atoms with Gasteiger partial charge in [0.25, 0.3) is 0 Å². The number of halogens is 2. The first-order valence-electron chi connectivity index (χ1n) is 5.85. The van der Waals surface area contributed by atoms with Crippen molar-refractivity contribution in [3.8, 4) is 0 Å². The first kappa shape index (κ1) is 11.9. The van der Waals surface area contributed by atoms with E-state index in [1.807, 2.05) is 24.3 Å². The van der Waals surface area contributed by atoms with Gasteiger partial charge in [0.2, 0.25) is 0 Å². The highest BCUT2D eigenvalue weighted by atomic mass is 35.5. The topological polar surface area (TPSA) is 12.0 Å². The number of hydrogen-bond acceptors (Lipinski definition) is 1. The minimum atomic E-state index is -0.762. The molecule has 0 aliphatic carbocycles. The molecule has 1 N–H and O–H groups in total. The molecule has 88 valence electrons. The molecule has 1 unspecified atom stereocenters. The monoisotopic (exact) mass is 241 g/mol. The molecule has 3 heteroatoms. The van der Waals surface area contributed by atoms with Crippen molar-refractivity contribution in [1.29, 1.82) is 0 Å². The van der Waals surface area contributed by atoms with Crippen molar-refractivity contribution in [2.75, 3.05) is 13.1 Å². The predicted octanol–water partition coefficient (Wildman–Crippen LogP) is 3.22. The van der Waals surface area contributed by atoms with Gasteiger partial charge in [-0.25, -0.2) is 4.39 Å². The third-order valence-electron chi connectivity index (χ3n) is 3.27. The molecule has 0 aromatic heterocycles. The largest absolute Gasteiger partial charge is 0.317 e. The third kappa shape index (κ3) is 2.96. The van der Waals surface area contributed by atoms with E-state index in [0.717, 1.165) is 31.5 Å². The van der Waals surface area contributed by atoms with E-state index in [9.17, 15) is 4.39 Å². The highest BCUT2D eigenvalue weighted by Crippen LogP contribution is 2.25. The van der Waals surface area contributed by atoms with Crippen LogP contribution in [0.15, 0.2) is 24.3 Å². The normalized spacial score (nSPS) is 19.6. The molecular formula is C13H17ClFN. The van der Waals surface area contributed by atoms with Gasteiger partial charge in [-0.2, -0.15) is 0 Å². The van der Waals surface area contributed by atoms with Gasteiger partial charge in [0.05, 0.1) is 0 Å². The predicted molar refractivity (Wildman–Crippen MR) is 65.6 cm³/mol. The van der Waals surface area contributed by atoms with Crippen molar-refractivity contribution in [1.82, 2.24) is 5.32 Å². The van der Waals surface area contributed by atoms with Crippen LogP contribution in [0.1, 0.15) is 18.4 Å². The summed E-state index contributed by atoms with van der Waals surface area (Å²) in [6.45, 7) is 1.88. The van der Waals surface area contributed by atoms with E-state index in [-0.39, 0.29) is 5.92 Å². The average molecular weight is 242 g/mol. The molecule has 1 heterocycles. The van der Waals surface area contributed by atoms with Crippen LogP contribution in [0, 0.1) is 5.92 Å². The zero-order valence-corrected chi connectivity index (χ0v) is 10.0. The zero-order chi connectivity index (χ0) is 11.4. The molecule has 1 aromatic rings. The highest BCUT2D eigenvalue weighted by Gasteiger charge is 2.23. The summed E-state index contributed by atoms with van der Waals surface area (Å²) in [6.07, 6.45) is 1.56. The maximum absolute atomic E-state index is 14.1. The van der Waals surface area contributed by atoms with Crippen LogP contribution in [0.5, 0.6) is 0 Å². The fourth-order valence-electron chi connectivity index (χ4n) is 2.25. The molecule has 1 aliphatic heterocycles. The Hall–Kier alpha value is -0.600. The summed E-state index contributed by atoms with van der Waals surface area (Å²) in [6, 6.07) is 7.53. The zero-order valence-electron chi connectivity index (χ0n) is 9.26. The van der Waals surface area contributed by atoms with Crippen LogP contribution in [-0.2, 0) is 6.42 Å². The Morgan fingerprint density at radius 1 is 1.31 bits per heavy atom. The lowest BCUT2D eigenvalue weighted by Gasteiger charge is -2.25. The third-order valence-corrected chi connectivity index (χ3v) is 3.64. The molecule has 1 aliphatic rings. The van der Waals surface area contributed by atoms with Gasteiger partial charge in [0.15, 0.2) is 0 Å². The average Bonchev–Trinajstić information content (AvgIpc) is 2.33. The molecule has 16 heavy (non-hydrogen) atoms. The Morgan fingerprint density at radius 2 is 2.00 bits per heavy atom. The van der Waals surface area contributed by atoms with Gasteiger partial charge >= 0.3 is 0 Å². The Balaban J connectivity index is 1.96. The lowest BCUT2D eigenvalue weighted by Crippen LogP contribution is -2.33. The maximum Gasteiger partial charge on any atom is 0.107 e. The van der Waals surface area contributed by atoms with Gasteiger partial charge in [0, 0.05) is 11.4 Å². The summed E-state index contributed by atoms with van der Waals surface area (Å²) in [4.78, 5) is 0. The van der Waals surface area contributed by atoms with E-state index in [2.05, 4.69) is 5.32 Å². The molecule has 0 spiro atoms. The van der Waals surface area contributed by atoms with Crippen molar-refractivity contribution >= 4 is 11.6 Å². The summed E-state index contributed by atoms with van der Waals surface area (Å²) in [5, 5.41) is 3.93. The van der Waals surface area contributed by atoms with Gasteiger partial charge < -0.3 is 5.32 Å². The van der Waals surface area contributed by atoms with Crippen molar-refractivity contribution < 1.29 is 4.39 Å². The lowest BCUT2D eigenvalue weighted by atomic mass is 9.89. The van der Waals surface area contributed by atoms with Crippen molar-refractivity contribution in [2.24, 2.45) is 5.92 Å². The Bertz CT molecular complexity index is 336. The summed E-state index contributed by atoms with van der Waals surface area (Å²) >= 11 is 6.03. The van der Waals surface area contributed by atoms with Crippen LogP contribution in [0.4, 0.5) is 4.39 Å². The van der Waals surface area contributed by atoms with Crippen LogP contribution < -0.4 is 5.32 Å². The Kier molecular flexibility index (Phi) is 4.19. The SMILES string of the molecule is FC(Cc1ccccc1Cl)C1CCNCC1. The van der Waals surface area contributed by atoms with Gasteiger partial charge in [-0.15, -0.1) is 0 Å². The first-order chi connectivity index (χ1) is 7.77. The Labute approximate surface area is 101 Å². The second-order valence-corrected chi connectivity index (χ2v) is 4.81. The number of nitrogens with one attached hydrogen (secondary N) is 1. The van der Waals surface area contributed by atoms with E-state index in [1.54, 1.807) is 0 Å². The summed E-state index contributed by atoms with van der Waals surface area (Å²) in [7, 11) is 0. The van der Waals surface area contributed by atoms with Crippen LogP contribution in [0.3, 0.4) is 0 Å². The highest BCUT2D eigenvalue weighted by molar-refractivity contribution is 6.31. The standard InChI is InChI=1S/C13H17ClFN/c14-12-4-2-1-3-11(12)9-13(15)10-5-7-16-8-6-10/h1-4,10,13,16H,5-9H2. The number of piperidine rings is 1. The first-order valence-corrected chi connectivity index (χ1v) is 6.23. The van der Waals surface area contributed by atoms with E-state index >= 15 is 0 Å². The summed E-state index contributed by atoms with van der Waals surface area (Å²) < 4.78 is 14.1. The van der Waals surface area contributed by atoms with Crippen LogP contribution in [0.2, 0.25) is 5.02 Å². The van der Waals surface area contributed by atoms with E-state index in [4.69, 9.17) is 11.6 Å². The van der Waals surface area contributed by atoms with E-state index < -0.39 is 6.17 Å². The molecule has 1 nitrogen and oxygen atoms in total.